The van der Waals surface area contributed by atoms with E-state index in [2.05, 4.69) is 5.10 Å². The van der Waals surface area contributed by atoms with Crippen LogP contribution in [0.2, 0.25) is 0 Å². The van der Waals surface area contributed by atoms with E-state index in [1.165, 1.54) is 0 Å². The molecule has 1 aromatic carbocycles. The van der Waals surface area contributed by atoms with Crippen LogP contribution in [0.4, 0.5) is 0 Å². The van der Waals surface area contributed by atoms with Crippen LogP contribution < -0.4 is 10.5 Å². The fourth-order valence-corrected chi connectivity index (χ4v) is 2.91. The zero-order chi connectivity index (χ0) is 16.9. The topological polar surface area (TPSA) is 90.5 Å². The number of nitrogens with zero attached hydrogens (tertiary/aromatic N) is 3. The minimum atomic E-state index is -0.551. The fraction of sp³-hybridized carbons (Fsp3) is 0.353. The van der Waals surface area contributed by atoms with Crippen LogP contribution in [0, 0.1) is 0 Å². The molecule has 0 radical (unpaired) electrons. The molecular formula is C17H20N4O3. The van der Waals surface area contributed by atoms with Gasteiger partial charge in [-0.25, -0.2) is 0 Å². The second-order valence-corrected chi connectivity index (χ2v) is 5.82. The van der Waals surface area contributed by atoms with Crippen molar-refractivity contribution in [3.63, 3.8) is 0 Å². The second-order valence-electron chi connectivity index (χ2n) is 5.82. The molecule has 2 heterocycles. The Morgan fingerprint density at radius 1 is 1.33 bits per heavy atom. The van der Waals surface area contributed by atoms with Crippen molar-refractivity contribution >= 4 is 11.8 Å². The standard InChI is InChI=1S/C17H20N4O3/c18-16(22)12-24-15-6-1-4-13(10-15)17(23)20-8-2-5-14(11-20)21-9-3-7-19-21/h1,3-4,6-7,9-10,14H,2,5,8,11-12H2,(H2,18,22)/t14-/m0/s1. The van der Waals surface area contributed by atoms with Gasteiger partial charge in [0.2, 0.25) is 0 Å². The number of piperidine rings is 1. The summed E-state index contributed by atoms with van der Waals surface area (Å²) in [5, 5.41) is 4.28. The highest BCUT2D eigenvalue weighted by molar-refractivity contribution is 5.94. The van der Waals surface area contributed by atoms with E-state index in [0.29, 0.717) is 17.9 Å². The molecule has 1 aliphatic rings. The number of likely N-dealkylation sites (tertiary alicyclic amines) is 1. The Labute approximate surface area is 140 Å². The second kappa shape index (κ2) is 7.16. The summed E-state index contributed by atoms with van der Waals surface area (Å²) in [4.78, 5) is 25.4. The molecule has 2 amide bonds. The third-order valence-electron chi connectivity index (χ3n) is 4.04. The van der Waals surface area contributed by atoms with E-state index in [1.807, 2.05) is 21.8 Å². The number of primary amides is 1. The summed E-state index contributed by atoms with van der Waals surface area (Å²) in [6.07, 6.45) is 5.62. The lowest BCUT2D eigenvalue weighted by Gasteiger charge is -2.33. The average Bonchev–Trinajstić information content (AvgIpc) is 3.14. The molecule has 0 unspecified atom stereocenters. The van der Waals surface area contributed by atoms with Crippen molar-refractivity contribution in [1.82, 2.24) is 14.7 Å². The molecule has 2 aromatic rings. The highest BCUT2D eigenvalue weighted by Crippen LogP contribution is 2.23. The van der Waals surface area contributed by atoms with Gasteiger partial charge in [-0.15, -0.1) is 0 Å². The molecule has 0 saturated carbocycles. The van der Waals surface area contributed by atoms with Crippen molar-refractivity contribution in [2.24, 2.45) is 5.73 Å². The first-order chi connectivity index (χ1) is 11.6. The van der Waals surface area contributed by atoms with Gasteiger partial charge in [-0.2, -0.15) is 5.10 Å². The quantitative estimate of drug-likeness (QED) is 0.893. The summed E-state index contributed by atoms with van der Waals surface area (Å²) >= 11 is 0. The molecular weight excluding hydrogens is 308 g/mol. The van der Waals surface area contributed by atoms with Crippen LogP contribution in [0.15, 0.2) is 42.7 Å². The van der Waals surface area contributed by atoms with Crippen LogP contribution in [-0.4, -0.2) is 46.2 Å². The third-order valence-corrected chi connectivity index (χ3v) is 4.04. The molecule has 0 aliphatic carbocycles. The first kappa shape index (κ1) is 16.0. The predicted molar refractivity (Wildman–Crippen MR) is 87.5 cm³/mol. The molecule has 24 heavy (non-hydrogen) atoms. The molecule has 0 bridgehead atoms. The van der Waals surface area contributed by atoms with Crippen LogP contribution in [-0.2, 0) is 4.79 Å². The maximum absolute atomic E-state index is 12.8. The van der Waals surface area contributed by atoms with Crippen LogP contribution in [0.1, 0.15) is 29.2 Å². The highest BCUT2D eigenvalue weighted by atomic mass is 16.5. The average molecular weight is 328 g/mol. The minimum Gasteiger partial charge on any atom is -0.484 e. The zero-order valence-electron chi connectivity index (χ0n) is 13.3. The van der Waals surface area contributed by atoms with Gasteiger partial charge in [0.25, 0.3) is 11.8 Å². The lowest BCUT2D eigenvalue weighted by Crippen LogP contribution is -2.40. The number of aromatic nitrogens is 2. The van der Waals surface area contributed by atoms with E-state index < -0.39 is 5.91 Å². The Bertz CT molecular complexity index is 714. The highest BCUT2D eigenvalue weighted by Gasteiger charge is 2.25. The predicted octanol–water partition coefficient (Wildman–Crippen LogP) is 1.22. The van der Waals surface area contributed by atoms with Crippen molar-refractivity contribution in [3.05, 3.63) is 48.3 Å². The third kappa shape index (κ3) is 3.73. The normalized spacial score (nSPS) is 17.5. The number of rotatable bonds is 5. The maximum Gasteiger partial charge on any atom is 0.255 e. The van der Waals surface area contributed by atoms with Crippen LogP contribution in [0.5, 0.6) is 5.75 Å². The summed E-state index contributed by atoms with van der Waals surface area (Å²) in [5.41, 5.74) is 5.61. The molecule has 3 rings (SSSR count). The molecule has 1 saturated heterocycles. The summed E-state index contributed by atoms with van der Waals surface area (Å²) < 4.78 is 7.17. The van der Waals surface area contributed by atoms with E-state index in [0.717, 1.165) is 19.4 Å². The molecule has 1 aliphatic heterocycles. The Morgan fingerprint density at radius 3 is 2.96 bits per heavy atom. The zero-order valence-corrected chi connectivity index (χ0v) is 13.3. The van der Waals surface area contributed by atoms with Gasteiger partial charge >= 0.3 is 0 Å². The van der Waals surface area contributed by atoms with Gasteiger partial charge in [-0.3, -0.25) is 14.3 Å². The van der Waals surface area contributed by atoms with Gasteiger partial charge in [0.05, 0.1) is 6.04 Å². The van der Waals surface area contributed by atoms with Crippen molar-refractivity contribution in [2.45, 2.75) is 18.9 Å². The SMILES string of the molecule is NC(=O)COc1cccc(C(=O)N2CCC[C@H](n3cccn3)C2)c1. The summed E-state index contributed by atoms with van der Waals surface area (Å²) in [7, 11) is 0. The summed E-state index contributed by atoms with van der Waals surface area (Å²) in [6.45, 7) is 1.15. The number of hydrogen-bond donors (Lipinski definition) is 1. The van der Waals surface area contributed by atoms with E-state index >= 15 is 0 Å². The fourth-order valence-electron chi connectivity index (χ4n) is 2.91. The number of ether oxygens (including phenoxy) is 1. The van der Waals surface area contributed by atoms with E-state index in [-0.39, 0.29) is 18.6 Å². The Morgan fingerprint density at radius 2 is 2.21 bits per heavy atom. The summed E-state index contributed by atoms with van der Waals surface area (Å²) in [5.74, 6) is -0.138. The van der Waals surface area contributed by atoms with E-state index in [9.17, 15) is 9.59 Å². The minimum absolute atomic E-state index is 0.0450. The molecule has 7 heteroatoms. The van der Waals surface area contributed by atoms with Crippen LogP contribution >= 0.6 is 0 Å². The number of carbonyl (C=O) groups is 2. The molecule has 1 aromatic heterocycles. The largest absolute Gasteiger partial charge is 0.484 e. The first-order valence-corrected chi connectivity index (χ1v) is 7.93. The number of amides is 2. The maximum atomic E-state index is 12.8. The van der Waals surface area contributed by atoms with Crippen molar-refractivity contribution in [1.29, 1.82) is 0 Å². The van der Waals surface area contributed by atoms with Crippen LogP contribution in [0.25, 0.3) is 0 Å². The van der Waals surface area contributed by atoms with E-state index in [4.69, 9.17) is 10.5 Å². The van der Waals surface area contributed by atoms with Gasteiger partial charge in [-0.1, -0.05) is 6.07 Å². The molecule has 2 N–H and O–H groups in total. The summed E-state index contributed by atoms with van der Waals surface area (Å²) in [6, 6.07) is 8.91. The van der Waals surface area contributed by atoms with Gasteiger partial charge < -0.3 is 15.4 Å². The monoisotopic (exact) mass is 328 g/mol. The van der Waals surface area contributed by atoms with Gasteiger partial charge in [0.1, 0.15) is 5.75 Å². The Hall–Kier alpha value is -2.83. The van der Waals surface area contributed by atoms with Crippen molar-refractivity contribution in [2.75, 3.05) is 19.7 Å². The van der Waals surface area contributed by atoms with Crippen LogP contribution in [0.3, 0.4) is 0 Å². The number of hydrogen-bond acceptors (Lipinski definition) is 4. The smallest absolute Gasteiger partial charge is 0.255 e. The Balaban J connectivity index is 1.69. The number of carbonyl (C=O) groups excluding carboxylic acids is 2. The van der Waals surface area contributed by atoms with Crippen molar-refractivity contribution in [3.8, 4) is 5.75 Å². The molecule has 1 atom stereocenters. The van der Waals surface area contributed by atoms with Gasteiger partial charge in [0, 0.05) is 31.0 Å². The van der Waals surface area contributed by atoms with E-state index in [1.54, 1.807) is 30.5 Å². The number of benzene rings is 1. The Kier molecular flexibility index (Phi) is 4.79. The van der Waals surface area contributed by atoms with Crippen molar-refractivity contribution < 1.29 is 14.3 Å². The first-order valence-electron chi connectivity index (χ1n) is 7.93. The molecule has 126 valence electrons. The van der Waals surface area contributed by atoms with Gasteiger partial charge in [-0.05, 0) is 37.1 Å². The van der Waals surface area contributed by atoms with Gasteiger partial charge in [0.15, 0.2) is 6.61 Å². The molecule has 0 spiro atoms. The lowest BCUT2D eigenvalue weighted by atomic mass is 10.0. The molecule has 1 fully saturated rings. The number of nitrogens with two attached hydrogens (primary N) is 1. The molecule has 7 nitrogen and oxygen atoms in total. The lowest BCUT2D eigenvalue weighted by molar-refractivity contribution is -0.119.